The van der Waals surface area contributed by atoms with Crippen molar-refractivity contribution in [1.29, 1.82) is 0 Å². The van der Waals surface area contributed by atoms with E-state index in [0.29, 0.717) is 17.4 Å². The summed E-state index contributed by atoms with van der Waals surface area (Å²) in [5, 5.41) is 1.27. The Bertz CT molecular complexity index is 935. The molecule has 0 N–H and O–H groups in total. The number of unbranched alkanes of at least 4 members (excludes halogenated alkanes) is 1. The Morgan fingerprint density at radius 1 is 1.19 bits per heavy atom. The predicted octanol–water partition coefficient (Wildman–Crippen LogP) is 8.16. The molecule has 3 nitrogen and oxygen atoms in total. The van der Waals surface area contributed by atoms with E-state index in [2.05, 4.69) is 76.3 Å². The number of piperidine rings is 1. The normalized spacial score (nSPS) is 16.5. The fourth-order valence-corrected chi connectivity index (χ4v) is 5.30. The molecule has 2 aromatic heterocycles. The molecule has 1 saturated heterocycles. The first kappa shape index (κ1) is 24.6. The average Bonchev–Trinajstić information content (AvgIpc) is 3.06. The number of hydrogen-bond donors (Lipinski definition) is 0. The lowest BCUT2D eigenvalue weighted by atomic mass is 9.88. The van der Waals surface area contributed by atoms with Gasteiger partial charge in [-0.25, -0.2) is 4.98 Å². The van der Waals surface area contributed by atoms with E-state index >= 15 is 0 Å². The summed E-state index contributed by atoms with van der Waals surface area (Å²) in [6.07, 6.45) is 10.1. The van der Waals surface area contributed by atoms with E-state index in [-0.39, 0.29) is 0 Å². The number of likely N-dealkylation sites (tertiary alicyclic amines) is 1. The van der Waals surface area contributed by atoms with Crippen molar-refractivity contribution >= 4 is 16.6 Å². The van der Waals surface area contributed by atoms with Crippen LogP contribution in [0.1, 0.15) is 96.9 Å². The fraction of sp³-hybridized carbons (Fsp3) is 0.621. The molecule has 0 unspecified atom stereocenters. The first-order valence-electron chi connectivity index (χ1n) is 12.7. The second-order valence-corrected chi connectivity index (χ2v) is 11.1. The van der Waals surface area contributed by atoms with Gasteiger partial charge in [0.05, 0.1) is 0 Å². The molecule has 0 bridgehead atoms. The van der Waals surface area contributed by atoms with Crippen molar-refractivity contribution < 1.29 is 0 Å². The molecule has 0 saturated carbocycles. The maximum atomic E-state index is 4.83. The zero-order valence-electron chi connectivity index (χ0n) is 21.5. The number of hydrogen-bond acceptors (Lipinski definition) is 2. The Kier molecular flexibility index (Phi) is 7.90. The average molecular weight is 436 g/mol. The first-order chi connectivity index (χ1) is 15.1. The van der Waals surface area contributed by atoms with Gasteiger partial charge in [-0.2, -0.15) is 0 Å². The topological polar surface area (TPSA) is 21.1 Å². The molecule has 2 aromatic rings. The summed E-state index contributed by atoms with van der Waals surface area (Å²) in [6.45, 7) is 25.0. The Morgan fingerprint density at radius 3 is 2.50 bits per heavy atom. The van der Waals surface area contributed by atoms with Crippen molar-refractivity contribution in [2.75, 3.05) is 13.1 Å². The van der Waals surface area contributed by atoms with Gasteiger partial charge < -0.3 is 9.47 Å². The van der Waals surface area contributed by atoms with E-state index < -0.39 is 0 Å². The van der Waals surface area contributed by atoms with Gasteiger partial charge in [-0.3, -0.25) is 0 Å². The van der Waals surface area contributed by atoms with E-state index in [9.17, 15) is 0 Å². The summed E-state index contributed by atoms with van der Waals surface area (Å²) in [5.74, 6) is 0.662. The molecule has 0 aliphatic carbocycles. The van der Waals surface area contributed by atoms with Gasteiger partial charge in [0.2, 0.25) is 0 Å². The summed E-state index contributed by atoms with van der Waals surface area (Å²) < 4.78 is 2.51. The van der Waals surface area contributed by atoms with E-state index in [1.807, 2.05) is 6.20 Å². The van der Waals surface area contributed by atoms with Crippen LogP contribution in [0.25, 0.3) is 16.6 Å². The van der Waals surface area contributed by atoms with Gasteiger partial charge in [0.1, 0.15) is 5.65 Å². The number of fused-ring (bicyclic) bond motifs is 1. The number of rotatable bonds is 9. The molecule has 32 heavy (non-hydrogen) atoms. The number of nitrogens with zero attached hydrogens (tertiary/aromatic N) is 3. The highest BCUT2D eigenvalue weighted by Crippen LogP contribution is 2.38. The van der Waals surface area contributed by atoms with Gasteiger partial charge in [0.25, 0.3) is 0 Å². The predicted molar refractivity (Wildman–Crippen MR) is 140 cm³/mol. The first-order valence-corrected chi connectivity index (χ1v) is 12.7. The minimum Gasteiger partial charge on any atom is -0.375 e. The summed E-state index contributed by atoms with van der Waals surface area (Å²) in [6, 6.07) is 4.73. The third-order valence-electron chi connectivity index (χ3n) is 7.43. The lowest BCUT2D eigenvalue weighted by Gasteiger charge is -2.38. The maximum Gasteiger partial charge on any atom is 0.140 e. The molecule has 3 heteroatoms. The molecule has 0 spiro atoms. The smallest absolute Gasteiger partial charge is 0.140 e. The quantitative estimate of drug-likeness (QED) is 0.396. The second-order valence-electron chi connectivity index (χ2n) is 11.1. The second kappa shape index (κ2) is 10.3. The summed E-state index contributed by atoms with van der Waals surface area (Å²) in [4.78, 5) is 7.36. The van der Waals surface area contributed by atoms with Crippen LogP contribution >= 0.6 is 0 Å². The highest BCUT2D eigenvalue weighted by Gasteiger charge is 2.29. The van der Waals surface area contributed by atoms with Crippen LogP contribution in [0.15, 0.2) is 37.2 Å². The van der Waals surface area contributed by atoms with Crippen molar-refractivity contribution in [2.24, 2.45) is 11.3 Å². The summed E-state index contributed by atoms with van der Waals surface area (Å²) in [7, 11) is 0. The third kappa shape index (κ3) is 5.47. The Balaban J connectivity index is 1.75. The molecule has 0 radical (unpaired) electrons. The molecule has 0 amide bonds. The van der Waals surface area contributed by atoms with Crippen LogP contribution in [-0.2, 0) is 0 Å². The maximum absolute atomic E-state index is 4.83. The molecular weight excluding hydrogens is 390 g/mol. The summed E-state index contributed by atoms with van der Waals surface area (Å²) >= 11 is 0. The highest BCUT2D eigenvalue weighted by molar-refractivity contribution is 5.92. The van der Waals surface area contributed by atoms with E-state index in [4.69, 9.17) is 4.98 Å². The van der Waals surface area contributed by atoms with Crippen LogP contribution in [0.5, 0.6) is 0 Å². The van der Waals surface area contributed by atoms with Crippen LogP contribution in [-0.4, -0.2) is 27.5 Å². The summed E-state index contributed by atoms with van der Waals surface area (Å²) in [5.41, 5.74) is 6.75. The minimum absolute atomic E-state index is 0.370. The lowest BCUT2D eigenvalue weighted by Crippen LogP contribution is -2.35. The molecule has 1 fully saturated rings. The van der Waals surface area contributed by atoms with Crippen LogP contribution < -0.4 is 0 Å². The third-order valence-corrected chi connectivity index (χ3v) is 7.43. The van der Waals surface area contributed by atoms with Gasteiger partial charge in [-0.15, -0.1) is 0 Å². The van der Waals surface area contributed by atoms with Crippen molar-refractivity contribution in [3.63, 3.8) is 0 Å². The SMILES string of the molecule is C=C(CCCC)c1c(C)n([C@H](C)C2CCN(C(=C)CCC(C)(C)C)CC2)c2ncccc12. The molecule has 1 atom stereocenters. The lowest BCUT2D eigenvalue weighted by molar-refractivity contribution is 0.179. The van der Waals surface area contributed by atoms with Crippen LogP contribution in [0, 0.1) is 18.3 Å². The van der Waals surface area contributed by atoms with Crippen molar-refractivity contribution in [2.45, 2.75) is 92.5 Å². The van der Waals surface area contributed by atoms with E-state index in [0.717, 1.165) is 31.6 Å². The standard InChI is InChI=1S/C29H45N3/c1-9-10-12-21(2)27-24(5)32(28-26(27)13-11-18-30-28)23(4)25-15-19-31(20-16-25)22(3)14-17-29(6,7)8/h11,13,18,23,25H,2-3,9-10,12,14-17,19-20H2,1,4-8H3/t23-/m1/s1. The van der Waals surface area contributed by atoms with E-state index in [1.54, 1.807) is 0 Å². The van der Waals surface area contributed by atoms with Gasteiger partial charge in [-0.1, -0.05) is 47.3 Å². The Labute approximate surface area is 196 Å². The zero-order valence-corrected chi connectivity index (χ0v) is 21.5. The Hall–Kier alpha value is -2.03. The van der Waals surface area contributed by atoms with Crippen LogP contribution in [0.3, 0.4) is 0 Å². The zero-order chi connectivity index (χ0) is 23.5. The van der Waals surface area contributed by atoms with Crippen LogP contribution in [0.2, 0.25) is 0 Å². The van der Waals surface area contributed by atoms with Gasteiger partial charge in [-0.05, 0) is 81.4 Å². The van der Waals surface area contributed by atoms with Gasteiger partial charge in [0, 0.05) is 47.7 Å². The molecule has 176 valence electrons. The van der Waals surface area contributed by atoms with Crippen molar-refractivity contribution in [1.82, 2.24) is 14.5 Å². The molecular formula is C29H45N3. The molecule has 1 aliphatic heterocycles. The number of aromatic nitrogens is 2. The minimum atomic E-state index is 0.370. The molecule has 3 heterocycles. The largest absolute Gasteiger partial charge is 0.375 e. The number of pyridine rings is 1. The Morgan fingerprint density at radius 2 is 1.88 bits per heavy atom. The highest BCUT2D eigenvalue weighted by atomic mass is 15.1. The molecule has 1 aliphatic rings. The molecule has 0 aromatic carbocycles. The monoisotopic (exact) mass is 435 g/mol. The molecule has 3 rings (SSSR count). The van der Waals surface area contributed by atoms with Gasteiger partial charge >= 0.3 is 0 Å². The van der Waals surface area contributed by atoms with Gasteiger partial charge in [0.15, 0.2) is 0 Å². The van der Waals surface area contributed by atoms with Crippen LogP contribution in [0.4, 0.5) is 0 Å². The fourth-order valence-electron chi connectivity index (χ4n) is 5.30. The number of allylic oxidation sites excluding steroid dienone is 2. The van der Waals surface area contributed by atoms with Crippen molar-refractivity contribution in [3.05, 3.63) is 48.4 Å². The van der Waals surface area contributed by atoms with E-state index in [1.165, 1.54) is 60.0 Å². The van der Waals surface area contributed by atoms with Crippen molar-refractivity contribution in [3.8, 4) is 0 Å².